The van der Waals surface area contributed by atoms with Crippen molar-refractivity contribution < 1.29 is 21.9 Å². The van der Waals surface area contributed by atoms with Crippen molar-refractivity contribution in [1.29, 1.82) is 0 Å². The van der Waals surface area contributed by atoms with Crippen LogP contribution in [0.4, 0.5) is 8.78 Å². The maximum Gasteiger partial charge on any atom is 0.268 e. The molecule has 0 aliphatic rings. The highest BCUT2D eigenvalue weighted by atomic mass is 35.5. The Kier molecular flexibility index (Phi) is 3.66. The number of nitrogens with zero attached hydrogens (tertiary/aromatic N) is 1. The van der Waals surface area contributed by atoms with E-state index in [0.717, 1.165) is 13.3 Å². The summed E-state index contributed by atoms with van der Waals surface area (Å²) in [6.07, 6.45) is -2.21. The van der Waals surface area contributed by atoms with E-state index in [-0.39, 0.29) is 0 Å². The number of hydrogen-bond donors (Lipinski definition) is 1. The molecule has 0 saturated heterocycles. The van der Waals surface area contributed by atoms with E-state index in [9.17, 15) is 17.2 Å². The summed E-state index contributed by atoms with van der Waals surface area (Å²) in [5.41, 5.74) is -0.684. The lowest BCUT2D eigenvalue weighted by Gasteiger charge is -2.12. The van der Waals surface area contributed by atoms with Gasteiger partial charge in [-0.1, -0.05) is 11.6 Å². The number of nitrogens with two attached hydrogens (primary N) is 1. The summed E-state index contributed by atoms with van der Waals surface area (Å²) in [6.45, 7) is 0. The second-order valence-electron chi connectivity index (χ2n) is 2.71. The first-order valence-corrected chi connectivity index (χ1v) is 5.74. The average Bonchev–Trinajstić information content (AvgIpc) is 2.14. The smallest absolute Gasteiger partial charge is 0.268 e. The predicted octanol–water partition coefficient (Wildman–Crippen LogP) is 1.33. The molecule has 0 aliphatic heterocycles. The van der Waals surface area contributed by atoms with Crippen molar-refractivity contribution in [2.75, 3.05) is 7.11 Å². The number of pyridine rings is 1. The minimum Gasteiger partial charge on any atom is -0.495 e. The van der Waals surface area contributed by atoms with Crippen LogP contribution in [-0.4, -0.2) is 20.5 Å². The molecule has 0 fully saturated rings. The van der Waals surface area contributed by atoms with Gasteiger partial charge in [0.25, 0.3) is 6.43 Å². The van der Waals surface area contributed by atoms with Gasteiger partial charge in [-0.05, 0) is 0 Å². The highest BCUT2D eigenvalue weighted by molar-refractivity contribution is 7.89. The highest BCUT2D eigenvalue weighted by Crippen LogP contribution is 2.36. The molecule has 1 aromatic rings. The first-order valence-electron chi connectivity index (χ1n) is 3.82. The number of rotatable bonds is 3. The van der Waals surface area contributed by atoms with Gasteiger partial charge in [-0.3, -0.25) is 0 Å². The van der Waals surface area contributed by atoms with Gasteiger partial charge in [0.1, 0.15) is 0 Å². The van der Waals surface area contributed by atoms with Crippen LogP contribution in [0.25, 0.3) is 0 Å². The van der Waals surface area contributed by atoms with Crippen molar-refractivity contribution in [3.63, 3.8) is 0 Å². The maximum atomic E-state index is 12.5. The van der Waals surface area contributed by atoms with Crippen molar-refractivity contribution in [3.8, 4) is 5.75 Å². The van der Waals surface area contributed by atoms with Crippen LogP contribution in [0.1, 0.15) is 12.0 Å². The monoisotopic (exact) mass is 272 g/mol. The molecule has 5 nitrogen and oxygen atoms in total. The molecule has 0 atom stereocenters. The van der Waals surface area contributed by atoms with Crippen LogP contribution in [0.5, 0.6) is 5.75 Å². The van der Waals surface area contributed by atoms with Crippen LogP contribution in [0.15, 0.2) is 11.1 Å². The van der Waals surface area contributed by atoms with E-state index in [2.05, 4.69) is 9.72 Å². The Labute approximate surface area is 95.2 Å². The number of hydrogen-bond acceptors (Lipinski definition) is 4. The van der Waals surface area contributed by atoms with Gasteiger partial charge in [0.2, 0.25) is 10.0 Å². The van der Waals surface area contributed by atoms with E-state index in [4.69, 9.17) is 16.7 Å². The molecule has 1 rings (SSSR count). The van der Waals surface area contributed by atoms with Gasteiger partial charge >= 0.3 is 0 Å². The van der Waals surface area contributed by atoms with Gasteiger partial charge in [0.05, 0.1) is 12.7 Å². The van der Waals surface area contributed by atoms with Gasteiger partial charge in [-0.15, -0.1) is 0 Å². The van der Waals surface area contributed by atoms with E-state index in [1.54, 1.807) is 0 Å². The van der Waals surface area contributed by atoms with Crippen molar-refractivity contribution in [2.24, 2.45) is 5.14 Å². The van der Waals surface area contributed by atoms with E-state index in [1.807, 2.05) is 0 Å². The van der Waals surface area contributed by atoms with Crippen LogP contribution in [-0.2, 0) is 10.0 Å². The Morgan fingerprint density at radius 1 is 1.56 bits per heavy atom. The van der Waals surface area contributed by atoms with Crippen LogP contribution < -0.4 is 9.88 Å². The van der Waals surface area contributed by atoms with E-state index < -0.39 is 37.8 Å². The third-order valence-corrected chi connectivity index (χ3v) is 3.04. The standard InChI is InChI=1S/C7H7ClF2N2O3S/c1-15-4-3(7(9)10)2-12-6(8)5(4)16(11,13)14/h2,7H,1H3,(H2,11,13,14). The minimum atomic E-state index is -4.29. The zero-order chi connectivity index (χ0) is 12.5. The number of aromatic nitrogens is 1. The molecule has 90 valence electrons. The zero-order valence-corrected chi connectivity index (χ0v) is 9.52. The number of alkyl halides is 2. The van der Waals surface area contributed by atoms with E-state index in [0.29, 0.717) is 0 Å². The number of primary sulfonamides is 1. The number of methoxy groups -OCH3 is 1. The normalized spacial score (nSPS) is 11.9. The summed E-state index contributed by atoms with van der Waals surface area (Å²) in [7, 11) is -3.25. The minimum absolute atomic E-state index is 0.510. The van der Waals surface area contributed by atoms with E-state index >= 15 is 0 Å². The second-order valence-corrected chi connectivity index (χ2v) is 4.57. The molecular formula is C7H7ClF2N2O3S. The third kappa shape index (κ3) is 2.39. The van der Waals surface area contributed by atoms with Gasteiger partial charge in [-0.25, -0.2) is 27.3 Å². The van der Waals surface area contributed by atoms with Crippen LogP contribution in [0, 0.1) is 0 Å². The number of sulfonamides is 1. The summed E-state index contributed by atoms with van der Waals surface area (Å²) < 4.78 is 51.9. The van der Waals surface area contributed by atoms with Gasteiger partial charge in [0.15, 0.2) is 15.8 Å². The molecule has 0 aliphatic carbocycles. The molecule has 0 spiro atoms. The van der Waals surface area contributed by atoms with Crippen LogP contribution >= 0.6 is 11.6 Å². The fourth-order valence-electron chi connectivity index (χ4n) is 1.08. The Morgan fingerprint density at radius 3 is 2.50 bits per heavy atom. The maximum absolute atomic E-state index is 12.5. The molecule has 0 saturated carbocycles. The van der Waals surface area contributed by atoms with Crippen molar-refractivity contribution in [2.45, 2.75) is 11.3 Å². The number of halogens is 3. The van der Waals surface area contributed by atoms with E-state index in [1.165, 1.54) is 0 Å². The molecule has 2 N–H and O–H groups in total. The Balaban J connectivity index is 3.64. The fourth-order valence-corrected chi connectivity index (χ4v) is 2.29. The molecule has 0 aromatic carbocycles. The lowest BCUT2D eigenvalue weighted by atomic mass is 10.2. The third-order valence-electron chi connectivity index (χ3n) is 1.70. The largest absolute Gasteiger partial charge is 0.495 e. The predicted molar refractivity (Wildman–Crippen MR) is 52.1 cm³/mol. The van der Waals surface area contributed by atoms with Crippen molar-refractivity contribution in [3.05, 3.63) is 16.9 Å². The Morgan fingerprint density at radius 2 is 2.12 bits per heavy atom. The molecular weight excluding hydrogens is 266 g/mol. The molecule has 16 heavy (non-hydrogen) atoms. The topological polar surface area (TPSA) is 82.3 Å². The van der Waals surface area contributed by atoms with Crippen LogP contribution in [0.3, 0.4) is 0 Å². The quantitative estimate of drug-likeness (QED) is 0.842. The lowest BCUT2D eigenvalue weighted by molar-refractivity contribution is 0.146. The van der Waals surface area contributed by atoms with Crippen molar-refractivity contribution in [1.82, 2.24) is 4.98 Å². The molecule has 0 radical (unpaired) electrons. The first kappa shape index (κ1) is 13.1. The lowest BCUT2D eigenvalue weighted by Crippen LogP contribution is -2.15. The van der Waals surface area contributed by atoms with Gasteiger partial charge in [-0.2, -0.15) is 0 Å². The summed E-state index contributed by atoms with van der Waals surface area (Å²) >= 11 is 5.47. The summed E-state index contributed by atoms with van der Waals surface area (Å²) in [4.78, 5) is 2.58. The zero-order valence-electron chi connectivity index (χ0n) is 7.95. The molecule has 1 heterocycles. The summed E-state index contributed by atoms with van der Waals surface area (Å²) in [6, 6.07) is 0. The molecule has 0 unspecified atom stereocenters. The highest BCUT2D eigenvalue weighted by Gasteiger charge is 2.27. The van der Waals surface area contributed by atoms with Gasteiger partial charge < -0.3 is 4.74 Å². The fraction of sp³-hybridized carbons (Fsp3) is 0.286. The summed E-state index contributed by atoms with van der Waals surface area (Å²) in [5, 5.41) is 4.32. The SMILES string of the molecule is COc1c(C(F)F)cnc(Cl)c1S(N)(=O)=O. The first-order chi connectivity index (χ1) is 7.29. The summed E-state index contributed by atoms with van der Waals surface area (Å²) in [5.74, 6) is -0.586. The Hall–Kier alpha value is -0.990. The van der Waals surface area contributed by atoms with Crippen LogP contribution in [0.2, 0.25) is 5.15 Å². The molecule has 0 amide bonds. The number of ether oxygens (including phenoxy) is 1. The molecule has 0 bridgehead atoms. The molecule has 1 aromatic heterocycles. The Bertz CT molecular complexity index is 507. The molecule has 9 heteroatoms. The second kappa shape index (κ2) is 4.48. The average molecular weight is 273 g/mol. The van der Waals surface area contributed by atoms with Crippen molar-refractivity contribution >= 4 is 21.6 Å². The van der Waals surface area contributed by atoms with Gasteiger partial charge in [0, 0.05) is 6.20 Å².